The largest absolute Gasteiger partial charge is 0.459 e. The van der Waals surface area contributed by atoms with E-state index in [1.54, 1.807) is 29.1 Å². The second-order valence-corrected chi connectivity index (χ2v) is 5.33. The van der Waals surface area contributed by atoms with Gasteiger partial charge in [0.05, 0.1) is 6.04 Å². The minimum absolute atomic E-state index is 0.257. The van der Waals surface area contributed by atoms with Crippen molar-refractivity contribution in [1.29, 1.82) is 0 Å². The molecule has 6 nitrogen and oxygen atoms in total. The van der Waals surface area contributed by atoms with Crippen LogP contribution < -0.4 is 5.32 Å². The quantitative estimate of drug-likeness (QED) is 0.631. The monoisotopic (exact) mass is 306 g/mol. The van der Waals surface area contributed by atoms with Crippen molar-refractivity contribution in [3.8, 4) is 0 Å². The van der Waals surface area contributed by atoms with E-state index in [0.717, 1.165) is 11.0 Å². The first kappa shape index (κ1) is 13.5. The fourth-order valence-electron chi connectivity index (χ4n) is 2.50. The van der Waals surface area contributed by atoms with Gasteiger partial charge in [0.1, 0.15) is 17.0 Å². The molecule has 23 heavy (non-hydrogen) atoms. The van der Waals surface area contributed by atoms with Gasteiger partial charge in [0.2, 0.25) is 5.78 Å². The summed E-state index contributed by atoms with van der Waals surface area (Å²) in [6.07, 6.45) is 5.10. The van der Waals surface area contributed by atoms with Crippen LogP contribution in [0, 0.1) is 0 Å². The van der Waals surface area contributed by atoms with E-state index < -0.39 is 0 Å². The SMILES string of the molecule is C[C@@H](NC(=O)c1cn2cccnc2n1)c1cc2ccccc2o1. The molecular weight excluding hydrogens is 292 g/mol. The third-order valence-corrected chi connectivity index (χ3v) is 3.69. The van der Waals surface area contributed by atoms with Crippen LogP contribution in [0.3, 0.4) is 0 Å². The van der Waals surface area contributed by atoms with Crippen LogP contribution >= 0.6 is 0 Å². The second kappa shape index (κ2) is 5.24. The molecule has 0 saturated carbocycles. The molecule has 0 aliphatic carbocycles. The first-order chi connectivity index (χ1) is 11.2. The average molecular weight is 306 g/mol. The van der Waals surface area contributed by atoms with Crippen LogP contribution in [0.15, 0.2) is 59.4 Å². The molecule has 0 aliphatic rings. The Balaban J connectivity index is 1.57. The summed E-state index contributed by atoms with van der Waals surface area (Å²) in [6, 6.07) is 11.2. The van der Waals surface area contributed by atoms with Gasteiger partial charge in [-0.3, -0.25) is 9.20 Å². The number of para-hydroxylation sites is 1. The number of rotatable bonds is 3. The molecule has 0 radical (unpaired) electrons. The molecule has 6 heteroatoms. The predicted molar refractivity (Wildman–Crippen MR) is 85.1 cm³/mol. The van der Waals surface area contributed by atoms with Crippen molar-refractivity contribution < 1.29 is 9.21 Å². The Morgan fingerprint density at radius 3 is 3.00 bits per heavy atom. The fraction of sp³-hybridized carbons (Fsp3) is 0.118. The highest BCUT2D eigenvalue weighted by Crippen LogP contribution is 2.23. The summed E-state index contributed by atoms with van der Waals surface area (Å²) < 4.78 is 7.48. The molecule has 0 saturated heterocycles. The average Bonchev–Trinajstić information content (AvgIpc) is 3.18. The number of hydrogen-bond donors (Lipinski definition) is 1. The van der Waals surface area contributed by atoms with Crippen LogP contribution in [0.4, 0.5) is 0 Å². The van der Waals surface area contributed by atoms with E-state index in [1.807, 2.05) is 37.3 Å². The van der Waals surface area contributed by atoms with E-state index >= 15 is 0 Å². The molecule has 3 aromatic heterocycles. The van der Waals surface area contributed by atoms with Crippen LogP contribution in [0.1, 0.15) is 29.2 Å². The lowest BCUT2D eigenvalue weighted by atomic mass is 10.2. The minimum atomic E-state index is -0.261. The summed E-state index contributed by atoms with van der Waals surface area (Å²) in [5.74, 6) is 0.943. The van der Waals surface area contributed by atoms with E-state index in [1.165, 1.54) is 0 Å². The van der Waals surface area contributed by atoms with E-state index in [-0.39, 0.29) is 11.9 Å². The number of amides is 1. The lowest BCUT2D eigenvalue weighted by molar-refractivity contribution is 0.0931. The number of imidazole rings is 1. The Morgan fingerprint density at radius 1 is 1.30 bits per heavy atom. The van der Waals surface area contributed by atoms with Crippen LogP contribution in [0.5, 0.6) is 0 Å². The molecule has 0 spiro atoms. The van der Waals surface area contributed by atoms with Gasteiger partial charge in [0.15, 0.2) is 0 Å². The Bertz CT molecular complexity index is 936. The Kier molecular flexibility index (Phi) is 3.08. The van der Waals surface area contributed by atoms with Crippen molar-refractivity contribution in [1.82, 2.24) is 19.7 Å². The molecule has 1 aromatic carbocycles. The van der Waals surface area contributed by atoms with Crippen LogP contribution in [0.2, 0.25) is 0 Å². The topological polar surface area (TPSA) is 72.4 Å². The zero-order valence-corrected chi connectivity index (χ0v) is 12.4. The van der Waals surface area contributed by atoms with Gasteiger partial charge in [0, 0.05) is 24.0 Å². The Labute approximate surface area is 131 Å². The summed E-state index contributed by atoms with van der Waals surface area (Å²) in [6.45, 7) is 1.88. The molecule has 4 rings (SSSR count). The molecule has 0 bridgehead atoms. The number of aromatic nitrogens is 3. The van der Waals surface area contributed by atoms with Crippen LogP contribution in [-0.4, -0.2) is 20.3 Å². The molecular formula is C17H14N4O2. The van der Waals surface area contributed by atoms with Crippen molar-refractivity contribution in [2.24, 2.45) is 0 Å². The predicted octanol–water partition coefficient (Wildman–Crippen LogP) is 2.97. The van der Waals surface area contributed by atoms with Gasteiger partial charge >= 0.3 is 0 Å². The van der Waals surface area contributed by atoms with Crippen molar-refractivity contribution in [3.63, 3.8) is 0 Å². The van der Waals surface area contributed by atoms with E-state index in [4.69, 9.17) is 4.42 Å². The van der Waals surface area contributed by atoms with Gasteiger partial charge in [0.25, 0.3) is 5.91 Å². The highest BCUT2D eigenvalue weighted by Gasteiger charge is 2.17. The number of benzene rings is 1. The normalized spacial score (nSPS) is 12.6. The number of fused-ring (bicyclic) bond motifs is 2. The molecule has 3 heterocycles. The molecule has 1 N–H and O–H groups in total. The van der Waals surface area contributed by atoms with Crippen LogP contribution in [0.25, 0.3) is 16.7 Å². The van der Waals surface area contributed by atoms with Gasteiger partial charge < -0.3 is 9.73 Å². The third kappa shape index (κ3) is 2.44. The fourth-order valence-corrected chi connectivity index (χ4v) is 2.50. The molecule has 114 valence electrons. The number of furan rings is 1. The summed E-state index contributed by atoms with van der Waals surface area (Å²) in [4.78, 5) is 20.7. The Hall–Kier alpha value is -3.15. The van der Waals surface area contributed by atoms with Gasteiger partial charge in [-0.25, -0.2) is 9.97 Å². The summed E-state index contributed by atoms with van der Waals surface area (Å²) in [5.41, 5.74) is 1.13. The maximum Gasteiger partial charge on any atom is 0.272 e. The van der Waals surface area contributed by atoms with E-state index in [0.29, 0.717) is 17.2 Å². The van der Waals surface area contributed by atoms with Gasteiger partial charge in [-0.05, 0) is 25.1 Å². The first-order valence-corrected chi connectivity index (χ1v) is 7.30. The molecule has 4 aromatic rings. The summed E-state index contributed by atoms with van der Waals surface area (Å²) in [5, 5.41) is 3.91. The highest BCUT2D eigenvalue weighted by molar-refractivity contribution is 5.93. The molecule has 1 amide bonds. The number of nitrogens with one attached hydrogen (secondary N) is 1. The number of carbonyl (C=O) groups excluding carboxylic acids is 1. The van der Waals surface area contributed by atoms with Gasteiger partial charge in [-0.1, -0.05) is 18.2 Å². The van der Waals surface area contributed by atoms with Crippen molar-refractivity contribution in [3.05, 3.63) is 66.4 Å². The molecule has 0 aliphatic heterocycles. The van der Waals surface area contributed by atoms with Crippen molar-refractivity contribution in [2.45, 2.75) is 13.0 Å². The maximum absolute atomic E-state index is 12.4. The van der Waals surface area contributed by atoms with Crippen molar-refractivity contribution >= 4 is 22.7 Å². The second-order valence-electron chi connectivity index (χ2n) is 5.33. The zero-order valence-electron chi connectivity index (χ0n) is 12.4. The Morgan fingerprint density at radius 2 is 2.17 bits per heavy atom. The molecule has 1 atom stereocenters. The zero-order chi connectivity index (χ0) is 15.8. The number of nitrogens with zero attached hydrogens (tertiary/aromatic N) is 3. The first-order valence-electron chi connectivity index (χ1n) is 7.30. The van der Waals surface area contributed by atoms with Gasteiger partial charge in [-0.2, -0.15) is 0 Å². The summed E-state index contributed by atoms with van der Waals surface area (Å²) >= 11 is 0. The number of hydrogen-bond acceptors (Lipinski definition) is 4. The van der Waals surface area contributed by atoms with Crippen molar-refractivity contribution in [2.75, 3.05) is 0 Å². The van der Waals surface area contributed by atoms with E-state index in [9.17, 15) is 4.79 Å². The number of carbonyl (C=O) groups is 1. The molecule has 0 unspecified atom stereocenters. The standard InChI is InChI=1S/C17H14N4O2/c1-11(15-9-12-5-2-3-6-14(12)23-15)19-16(22)13-10-21-8-4-7-18-17(21)20-13/h2-11H,1H3,(H,19,22)/t11-/m1/s1. The smallest absolute Gasteiger partial charge is 0.272 e. The molecule has 0 fully saturated rings. The lowest BCUT2D eigenvalue weighted by Gasteiger charge is -2.09. The van der Waals surface area contributed by atoms with E-state index in [2.05, 4.69) is 15.3 Å². The highest BCUT2D eigenvalue weighted by atomic mass is 16.3. The lowest BCUT2D eigenvalue weighted by Crippen LogP contribution is -2.26. The maximum atomic E-state index is 12.4. The summed E-state index contributed by atoms with van der Waals surface area (Å²) in [7, 11) is 0. The van der Waals surface area contributed by atoms with Gasteiger partial charge in [-0.15, -0.1) is 0 Å². The van der Waals surface area contributed by atoms with Crippen LogP contribution in [-0.2, 0) is 0 Å². The minimum Gasteiger partial charge on any atom is -0.459 e. The third-order valence-electron chi connectivity index (χ3n) is 3.69.